The van der Waals surface area contributed by atoms with Gasteiger partial charge in [-0.1, -0.05) is 23.5 Å². The maximum absolute atomic E-state index is 12.6. The van der Waals surface area contributed by atoms with Gasteiger partial charge in [-0.2, -0.15) is 10.1 Å². The summed E-state index contributed by atoms with van der Waals surface area (Å²) in [6, 6.07) is 9.66. The Morgan fingerprint density at radius 2 is 2.09 bits per heavy atom. The van der Waals surface area contributed by atoms with E-state index < -0.39 is 0 Å². The van der Waals surface area contributed by atoms with E-state index in [1.165, 1.54) is 33.9 Å². The minimum atomic E-state index is -0.262. The maximum atomic E-state index is 12.6. The molecule has 2 N–H and O–H groups in total. The summed E-state index contributed by atoms with van der Waals surface area (Å²) in [5, 5.41) is 8.27. The van der Waals surface area contributed by atoms with Crippen molar-refractivity contribution in [1.82, 2.24) is 4.98 Å². The van der Waals surface area contributed by atoms with Crippen LogP contribution in [0.15, 0.2) is 57.1 Å². The molecule has 8 heteroatoms. The second-order valence-corrected chi connectivity index (χ2v) is 7.49. The molecular formula is C15H9BrN4OS2. The zero-order valence-electron chi connectivity index (χ0n) is 11.6. The maximum Gasteiger partial charge on any atom is 0.284 e. The number of thiophene rings is 1. The molecular weight excluding hydrogens is 396 g/mol. The third-order valence-corrected chi connectivity index (χ3v) is 6.20. The summed E-state index contributed by atoms with van der Waals surface area (Å²) in [5.41, 5.74) is 7.46. The zero-order valence-corrected chi connectivity index (χ0v) is 14.8. The summed E-state index contributed by atoms with van der Waals surface area (Å²) >= 11 is 6.40. The zero-order chi connectivity index (χ0) is 16.0. The molecule has 2 aromatic heterocycles. The number of para-hydroxylation sites is 1. The molecule has 0 unspecified atom stereocenters. The van der Waals surface area contributed by atoms with E-state index in [0.29, 0.717) is 16.4 Å². The number of thiazole rings is 1. The molecule has 0 saturated carbocycles. The number of hydrogen-bond donors (Lipinski definition) is 1. The van der Waals surface area contributed by atoms with E-state index in [9.17, 15) is 4.79 Å². The standard InChI is InChI=1S/C15H9BrN4OS2/c16-9-5-6-22-13(9)12-8(7-17)14(21)20(19-12)15-18-10-3-1-2-4-11(10)23-15/h1-7H,17H2. The Bertz CT molecular complexity index is 955. The molecule has 0 atom stereocenters. The average molecular weight is 405 g/mol. The number of nitrogens with two attached hydrogens (primary N) is 1. The second-order valence-electron chi connectivity index (χ2n) is 4.71. The Morgan fingerprint density at radius 1 is 1.26 bits per heavy atom. The Labute approximate surface area is 147 Å². The topological polar surface area (TPSA) is 71.6 Å². The minimum Gasteiger partial charge on any atom is -0.404 e. The van der Waals surface area contributed by atoms with Crippen molar-refractivity contribution in [3.05, 3.63) is 56.8 Å². The molecule has 4 rings (SSSR count). The molecule has 1 aliphatic rings. The minimum absolute atomic E-state index is 0.262. The molecule has 23 heavy (non-hydrogen) atoms. The van der Waals surface area contributed by atoms with Gasteiger partial charge in [0.15, 0.2) is 0 Å². The lowest BCUT2D eigenvalue weighted by Crippen LogP contribution is -2.21. The van der Waals surface area contributed by atoms with Crippen LogP contribution in [-0.4, -0.2) is 16.6 Å². The Kier molecular flexibility index (Phi) is 3.51. The molecule has 0 aliphatic carbocycles. The lowest BCUT2D eigenvalue weighted by atomic mass is 10.1. The number of hydrogen-bond acceptors (Lipinski definition) is 6. The number of hydrazone groups is 1. The molecule has 3 heterocycles. The summed E-state index contributed by atoms with van der Waals surface area (Å²) in [6.45, 7) is 0. The molecule has 1 aromatic carbocycles. The van der Waals surface area contributed by atoms with Gasteiger partial charge < -0.3 is 5.73 Å². The molecule has 0 fully saturated rings. The van der Waals surface area contributed by atoms with Crippen molar-refractivity contribution < 1.29 is 4.79 Å². The summed E-state index contributed by atoms with van der Waals surface area (Å²) in [6.07, 6.45) is 1.31. The van der Waals surface area contributed by atoms with E-state index >= 15 is 0 Å². The van der Waals surface area contributed by atoms with Crippen LogP contribution in [0.25, 0.3) is 10.2 Å². The third kappa shape index (κ3) is 2.30. The first-order valence-electron chi connectivity index (χ1n) is 6.63. The highest BCUT2D eigenvalue weighted by molar-refractivity contribution is 9.10. The lowest BCUT2D eigenvalue weighted by molar-refractivity contribution is -0.114. The van der Waals surface area contributed by atoms with E-state index in [4.69, 9.17) is 5.73 Å². The van der Waals surface area contributed by atoms with Gasteiger partial charge in [-0.15, -0.1) is 11.3 Å². The van der Waals surface area contributed by atoms with Crippen molar-refractivity contribution in [1.29, 1.82) is 0 Å². The van der Waals surface area contributed by atoms with Crippen LogP contribution in [0.3, 0.4) is 0 Å². The van der Waals surface area contributed by atoms with E-state index in [1.54, 1.807) is 0 Å². The van der Waals surface area contributed by atoms with Crippen molar-refractivity contribution >= 4 is 65.6 Å². The van der Waals surface area contributed by atoms with Crippen LogP contribution >= 0.6 is 38.6 Å². The number of rotatable bonds is 2. The van der Waals surface area contributed by atoms with Gasteiger partial charge in [-0.3, -0.25) is 4.79 Å². The number of benzene rings is 1. The van der Waals surface area contributed by atoms with Gasteiger partial charge in [0.1, 0.15) is 5.71 Å². The van der Waals surface area contributed by atoms with E-state index in [-0.39, 0.29) is 5.91 Å². The number of fused-ring (bicyclic) bond motifs is 1. The normalized spacial score (nSPS) is 16.6. The fourth-order valence-corrected chi connectivity index (χ4v) is 4.75. The molecule has 1 amide bonds. The predicted molar refractivity (Wildman–Crippen MR) is 97.9 cm³/mol. The van der Waals surface area contributed by atoms with Crippen molar-refractivity contribution in [2.45, 2.75) is 0 Å². The first-order valence-corrected chi connectivity index (χ1v) is 9.12. The van der Waals surface area contributed by atoms with Crippen molar-refractivity contribution in [3.63, 3.8) is 0 Å². The highest BCUT2D eigenvalue weighted by Gasteiger charge is 2.34. The van der Waals surface area contributed by atoms with Crippen LogP contribution in [0, 0.1) is 0 Å². The van der Waals surface area contributed by atoms with Crippen LogP contribution in [0.5, 0.6) is 0 Å². The second kappa shape index (κ2) is 5.55. The first-order chi connectivity index (χ1) is 11.2. The van der Waals surface area contributed by atoms with Gasteiger partial charge in [0.05, 0.1) is 20.7 Å². The third-order valence-electron chi connectivity index (χ3n) is 3.34. The van der Waals surface area contributed by atoms with Gasteiger partial charge in [-0.25, -0.2) is 4.98 Å². The quantitative estimate of drug-likeness (QED) is 0.661. The molecule has 0 radical (unpaired) electrons. The molecule has 1 aliphatic heterocycles. The number of carbonyl (C=O) groups is 1. The van der Waals surface area contributed by atoms with E-state index in [0.717, 1.165) is 19.6 Å². The number of aromatic nitrogens is 1. The molecule has 5 nitrogen and oxygen atoms in total. The number of carbonyl (C=O) groups excluding carboxylic acids is 1. The van der Waals surface area contributed by atoms with Gasteiger partial charge in [-0.05, 0) is 39.5 Å². The molecule has 114 valence electrons. The van der Waals surface area contributed by atoms with E-state index in [1.807, 2.05) is 35.7 Å². The summed E-state index contributed by atoms with van der Waals surface area (Å²) in [5.74, 6) is -0.262. The number of anilines is 1. The molecule has 0 saturated heterocycles. The lowest BCUT2D eigenvalue weighted by Gasteiger charge is -2.05. The van der Waals surface area contributed by atoms with Crippen molar-refractivity contribution in [2.75, 3.05) is 5.01 Å². The van der Waals surface area contributed by atoms with Gasteiger partial charge in [0.2, 0.25) is 5.13 Å². The monoisotopic (exact) mass is 404 g/mol. The predicted octanol–water partition coefficient (Wildman–Crippen LogP) is 3.71. The molecule has 3 aromatic rings. The highest BCUT2D eigenvalue weighted by Crippen LogP contribution is 2.35. The Balaban J connectivity index is 1.84. The van der Waals surface area contributed by atoms with Crippen LogP contribution in [0.4, 0.5) is 5.13 Å². The van der Waals surface area contributed by atoms with E-state index in [2.05, 4.69) is 26.0 Å². The van der Waals surface area contributed by atoms with Crippen LogP contribution in [0.2, 0.25) is 0 Å². The summed E-state index contributed by atoms with van der Waals surface area (Å²) < 4.78 is 1.90. The highest BCUT2D eigenvalue weighted by atomic mass is 79.9. The van der Waals surface area contributed by atoms with Gasteiger partial charge in [0, 0.05) is 10.7 Å². The van der Waals surface area contributed by atoms with Crippen molar-refractivity contribution in [3.8, 4) is 0 Å². The smallest absolute Gasteiger partial charge is 0.284 e. The average Bonchev–Trinajstić information content (AvgIpc) is 3.23. The summed E-state index contributed by atoms with van der Waals surface area (Å²) in [7, 11) is 0. The van der Waals surface area contributed by atoms with Crippen molar-refractivity contribution in [2.24, 2.45) is 10.8 Å². The number of nitrogens with zero attached hydrogens (tertiary/aromatic N) is 3. The van der Waals surface area contributed by atoms with Crippen LogP contribution in [-0.2, 0) is 4.79 Å². The Morgan fingerprint density at radius 3 is 2.78 bits per heavy atom. The van der Waals surface area contributed by atoms with Crippen LogP contribution < -0.4 is 10.7 Å². The SMILES string of the molecule is NC=C1C(=O)N(c2nc3ccccc3s2)N=C1c1sccc1Br. The Hall–Kier alpha value is -2.03. The van der Waals surface area contributed by atoms with Gasteiger partial charge in [0.25, 0.3) is 5.91 Å². The fraction of sp³-hybridized carbons (Fsp3) is 0. The molecule has 0 spiro atoms. The number of amides is 1. The summed E-state index contributed by atoms with van der Waals surface area (Å²) in [4.78, 5) is 18.0. The molecule has 0 bridgehead atoms. The number of halogens is 1. The fourth-order valence-electron chi connectivity index (χ4n) is 2.28. The van der Waals surface area contributed by atoms with Gasteiger partial charge >= 0.3 is 0 Å². The van der Waals surface area contributed by atoms with Crippen LogP contribution in [0.1, 0.15) is 4.88 Å². The largest absolute Gasteiger partial charge is 0.404 e. The first kappa shape index (κ1) is 14.6.